The Morgan fingerprint density at radius 3 is 2.24 bits per heavy atom. The van der Waals surface area contributed by atoms with Gasteiger partial charge in [0.15, 0.2) is 0 Å². The number of rotatable bonds is 3. The van der Waals surface area contributed by atoms with Crippen molar-refractivity contribution < 1.29 is 0 Å². The smallest absolute Gasteiger partial charge is 0.00156 e. The van der Waals surface area contributed by atoms with Crippen molar-refractivity contribution >= 4 is 24.8 Å². The topological polar surface area (TPSA) is 15.3 Å². The molecule has 0 radical (unpaired) electrons. The molecule has 1 unspecified atom stereocenters. The number of piperidine rings is 1. The summed E-state index contributed by atoms with van der Waals surface area (Å²) in [5, 5.41) is 3.52. The first kappa shape index (κ1) is 17.5. The quantitative estimate of drug-likeness (QED) is 0.856. The van der Waals surface area contributed by atoms with Gasteiger partial charge in [-0.05, 0) is 70.7 Å². The lowest BCUT2D eigenvalue weighted by Crippen LogP contribution is -2.33. The minimum Gasteiger partial charge on any atom is -0.316 e. The average Bonchev–Trinajstić information content (AvgIpc) is 2.56. The standard InChI is InChI=1S/C13H26N2.2ClH/c1-2-4-10-15(9-3-1)11-7-13-6-5-8-14-12-13;;/h13-14H,1-12H2;2*1H. The molecule has 2 saturated heterocycles. The zero-order chi connectivity index (χ0) is 10.3. The van der Waals surface area contributed by atoms with Gasteiger partial charge >= 0.3 is 0 Å². The second-order valence-corrected chi connectivity index (χ2v) is 5.26. The van der Waals surface area contributed by atoms with Gasteiger partial charge in [-0.1, -0.05) is 12.8 Å². The van der Waals surface area contributed by atoms with E-state index in [1.54, 1.807) is 0 Å². The largest absolute Gasteiger partial charge is 0.316 e. The third kappa shape index (κ3) is 6.85. The summed E-state index contributed by atoms with van der Waals surface area (Å²) >= 11 is 0. The molecule has 17 heavy (non-hydrogen) atoms. The van der Waals surface area contributed by atoms with Crippen LogP contribution in [0.1, 0.15) is 44.9 Å². The highest BCUT2D eigenvalue weighted by molar-refractivity contribution is 5.85. The van der Waals surface area contributed by atoms with Crippen molar-refractivity contribution in [2.24, 2.45) is 5.92 Å². The maximum absolute atomic E-state index is 3.52. The molecule has 0 aromatic rings. The van der Waals surface area contributed by atoms with Crippen LogP contribution in [-0.4, -0.2) is 37.6 Å². The van der Waals surface area contributed by atoms with Gasteiger partial charge < -0.3 is 10.2 Å². The Morgan fingerprint density at radius 2 is 1.65 bits per heavy atom. The van der Waals surface area contributed by atoms with Crippen LogP contribution < -0.4 is 5.32 Å². The minimum absolute atomic E-state index is 0. The molecule has 0 spiro atoms. The van der Waals surface area contributed by atoms with Gasteiger partial charge in [0.2, 0.25) is 0 Å². The molecule has 4 heteroatoms. The highest BCUT2D eigenvalue weighted by Crippen LogP contribution is 2.16. The lowest BCUT2D eigenvalue weighted by atomic mass is 9.96. The first-order chi connectivity index (χ1) is 7.45. The average molecular weight is 283 g/mol. The lowest BCUT2D eigenvalue weighted by molar-refractivity contribution is 0.244. The van der Waals surface area contributed by atoms with Crippen LogP contribution in [0.5, 0.6) is 0 Å². The Hall–Kier alpha value is 0.500. The Bertz CT molecular complexity index is 165. The predicted molar refractivity (Wildman–Crippen MR) is 79.6 cm³/mol. The van der Waals surface area contributed by atoms with Crippen LogP contribution in [0.15, 0.2) is 0 Å². The molecule has 0 saturated carbocycles. The van der Waals surface area contributed by atoms with Gasteiger partial charge in [-0.25, -0.2) is 0 Å². The molecular formula is C13H28Cl2N2. The van der Waals surface area contributed by atoms with Gasteiger partial charge in [0.05, 0.1) is 0 Å². The summed E-state index contributed by atoms with van der Waals surface area (Å²) in [5.74, 6) is 0.960. The van der Waals surface area contributed by atoms with Crippen LogP contribution >= 0.6 is 24.8 Å². The molecule has 2 rings (SSSR count). The molecule has 2 nitrogen and oxygen atoms in total. The number of hydrogen-bond donors (Lipinski definition) is 1. The van der Waals surface area contributed by atoms with E-state index in [1.165, 1.54) is 77.7 Å². The monoisotopic (exact) mass is 282 g/mol. The highest BCUT2D eigenvalue weighted by atomic mass is 35.5. The number of halogens is 2. The normalized spacial score (nSPS) is 26.5. The zero-order valence-corrected chi connectivity index (χ0v) is 12.5. The van der Waals surface area contributed by atoms with Crippen molar-refractivity contribution in [2.75, 3.05) is 32.7 Å². The number of nitrogens with zero attached hydrogens (tertiary/aromatic N) is 1. The summed E-state index contributed by atoms with van der Waals surface area (Å²) in [6, 6.07) is 0. The van der Waals surface area contributed by atoms with Crippen LogP contribution in [0.4, 0.5) is 0 Å². The molecule has 2 heterocycles. The SMILES string of the molecule is C1CCCN(CCC2CCCNC2)CC1.Cl.Cl. The van der Waals surface area contributed by atoms with Crippen LogP contribution in [0, 0.1) is 5.92 Å². The fourth-order valence-electron chi connectivity index (χ4n) is 2.90. The molecule has 0 aromatic carbocycles. The van der Waals surface area contributed by atoms with Gasteiger partial charge in [-0.3, -0.25) is 0 Å². The number of nitrogens with one attached hydrogen (secondary N) is 1. The van der Waals surface area contributed by atoms with Crippen LogP contribution in [0.3, 0.4) is 0 Å². The fraction of sp³-hybridized carbons (Fsp3) is 1.00. The van der Waals surface area contributed by atoms with Gasteiger partial charge in [0.25, 0.3) is 0 Å². The molecule has 1 N–H and O–H groups in total. The summed E-state index contributed by atoms with van der Waals surface area (Å²) in [4.78, 5) is 2.70. The molecule has 104 valence electrons. The molecule has 2 aliphatic rings. The van der Waals surface area contributed by atoms with Crippen molar-refractivity contribution in [3.8, 4) is 0 Å². The summed E-state index contributed by atoms with van der Waals surface area (Å²) in [7, 11) is 0. The second-order valence-electron chi connectivity index (χ2n) is 5.26. The van der Waals surface area contributed by atoms with Gasteiger partial charge in [0.1, 0.15) is 0 Å². The molecule has 1 atom stereocenters. The van der Waals surface area contributed by atoms with E-state index >= 15 is 0 Å². The fourth-order valence-corrected chi connectivity index (χ4v) is 2.90. The van der Waals surface area contributed by atoms with Crippen molar-refractivity contribution in [1.82, 2.24) is 10.2 Å². The predicted octanol–water partition coefficient (Wildman–Crippen LogP) is 3.10. The molecule has 2 fully saturated rings. The molecule has 2 aliphatic heterocycles. The van der Waals surface area contributed by atoms with E-state index in [0.717, 1.165) is 5.92 Å². The van der Waals surface area contributed by atoms with E-state index in [0.29, 0.717) is 0 Å². The van der Waals surface area contributed by atoms with Gasteiger partial charge in [-0.2, -0.15) is 0 Å². The first-order valence-corrected chi connectivity index (χ1v) is 6.88. The summed E-state index contributed by atoms with van der Waals surface area (Å²) < 4.78 is 0. The molecule has 0 aliphatic carbocycles. The zero-order valence-electron chi connectivity index (χ0n) is 10.8. The van der Waals surface area contributed by atoms with E-state index in [4.69, 9.17) is 0 Å². The Labute approximate surface area is 119 Å². The number of hydrogen-bond acceptors (Lipinski definition) is 2. The minimum atomic E-state index is 0. The Morgan fingerprint density at radius 1 is 0.941 bits per heavy atom. The van der Waals surface area contributed by atoms with Crippen LogP contribution in [0.25, 0.3) is 0 Å². The second kappa shape index (κ2) is 10.4. The van der Waals surface area contributed by atoms with Gasteiger partial charge in [0, 0.05) is 0 Å². The maximum Gasteiger partial charge on any atom is -0.00156 e. The van der Waals surface area contributed by atoms with Crippen molar-refractivity contribution in [3.63, 3.8) is 0 Å². The molecule has 0 amide bonds. The van der Waals surface area contributed by atoms with Crippen LogP contribution in [0.2, 0.25) is 0 Å². The van der Waals surface area contributed by atoms with E-state index in [9.17, 15) is 0 Å². The maximum atomic E-state index is 3.52. The van der Waals surface area contributed by atoms with Gasteiger partial charge in [-0.15, -0.1) is 24.8 Å². The highest BCUT2D eigenvalue weighted by Gasteiger charge is 2.15. The summed E-state index contributed by atoms with van der Waals surface area (Å²) in [5.41, 5.74) is 0. The van der Waals surface area contributed by atoms with E-state index in [1.807, 2.05) is 0 Å². The molecule has 0 bridgehead atoms. The number of likely N-dealkylation sites (tertiary alicyclic amines) is 1. The Kier molecular flexibility index (Phi) is 10.7. The summed E-state index contributed by atoms with van der Waals surface area (Å²) in [6.45, 7) is 6.60. The van der Waals surface area contributed by atoms with E-state index in [-0.39, 0.29) is 24.8 Å². The van der Waals surface area contributed by atoms with E-state index in [2.05, 4.69) is 10.2 Å². The summed E-state index contributed by atoms with van der Waals surface area (Å²) in [6.07, 6.45) is 10.1. The Balaban J connectivity index is 0.00000128. The molecule has 0 aromatic heterocycles. The van der Waals surface area contributed by atoms with Crippen molar-refractivity contribution in [1.29, 1.82) is 0 Å². The van der Waals surface area contributed by atoms with Crippen LogP contribution in [-0.2, 0) is 0 Å². The molecular weight excluding hydrogens is 255 g/mol. The van der Waals surface area contributed by atoms with Crippen molar-refractivity contribution in [3.05, 3.63) is 0 Å². The third-order valence-electron chi connectivity index (χ3n) is 3.95. The third-order valence-corrected chi connectivity index (χ3v) is 3.95. The first-order valence-electron chi connectivity index (χ1n) is 6.88. The van der Waals surface area contributed by atoms with E-state index < -0.39 is 0 Å². The lowest BCUT2D eigenvalue weighted by Gasteiger charge is -2.26. The van der Waals surface area contributed by atoms with Crippen molar-refractivity contribution in [2.45, 2.75) is 44.9 Å².